The molecule has 3 aromatic carbocycles. The van der Waals surface area contributed by atoms with Crippen LogP contribution in [-0.2, 0) is 4.79 Å². The first-order valence-electron chi connectivity index (χ1n) is 15.5. The number of hydrogen-bond acceptors (Lipinski definition) is 6. The molecule has 1 aliphatic heterocycles. The van der Waals surface area contributed by atoms with Crippen molar-refractivity contribution in [2.45, 2.75) is 40.7 Å². The number of carboxylic acids is 1. The highest BCUT2D eigenvalue weighted by Crippen LogP contribution is 2.40. The minimum absolute atomic E-state index is 0.164. The second kappa shape index (κ2) is 12.5. The van der Waals surface area contributed by atoms with E-state index in [9.17, 15) is 19.5 Å². The first kappa shape index (κ1) is 31.7. The first-order valence-corrected chi connectivity index (χ1v) is 16.3. The number of aromatic carboxylic acids is 1. The van der Waals surface area contributed by atoms with E-state index in [0.717, 1.165) is 39.0 Å². The highest BCUT2D eigenvalue weighted by Gasteiger charge is 2.36. The number of likely N-dealkylation sites (N-methyl/N-ethyl adjacent to an activating group) is 1. The number of ether oxygens (including phenoxy) is 1. The van der Waals surface area contributed by atoms with Gasteiger partial charge in [-0.05, 0) is 93.4 Å². The number of carbonyl (C=O) groups excluding carboxylic acids is 1. The van der Waals surface area contributed by atoms with E-state index in [1.807, 2.05) is 87.7 Å². The summed E-state index contributed by atoms with van der Waals surface area (Å²) in [6.07, 6.45) is 1.87. The number of allylic oxidation sites excluding steroid dienone is 1. The number of amides is 1. The van der Waals surface area contributed by atoms with Crippen LogP contribution in [0.4, 0.5) is 0 Å². The average Bonchev–Trinajstić information content (AvgIpc) is 3.53. The van der Waals surface area contributed by atoms with E-state index in [-0.39, 0.29) is 17.0 Å². The Kier molecular flexibility index (Phi) is 8.46. The van der Waals surface area contributed by atoms with Crippen LogP contribution in [0.15, 0.2) is 87.8 Å². The molecule has 2 aromatic heterocycles. The van der Waals surface area contributed by atoms with Crippen molar-refractivity contribution in [2.75, 3.05) is 20.2 Å². The zero-order valence-electron chi connectivity index (χ0n) is 27.2. The van der Waals surface area contributed by atoms with Crippen molar-refractivity contribution in [1.29, 1.82) is 0 Å². The van der Waals surface area contributed by atoms with Crippen LogP contribution in [0.3, 0.4) is 0 Å². The summed E-state index contributed by atoms with van der Waals surface area (Å²) in [6.45, 7) is 10.7. The van der Waals surface area contributed by atoms with Gasteiger partial charge in [-0.1, -0.05) is 41.7 Å². The van der Waals surface area contributed by atoms with Crippen LogP contribution >= 0.6 is 11.3 Å². The molecule has 6 rings (SSSR count). The Morgan fingerprint density at radius 3 is 2.38 bits per heavy atom. The summed E-state index contributed by atoms with van der Waals surface area (Å²) in [4.78, 5) is 47.2. The maximum absolute atomic E-state index is 14.5. The summed E-state index contributed by atoms with van der Waals surface area (Å²) in [5.41, 5.74) is 5.23. The van der Waals surface area contributed by atoms with E-state index in [1.54, 1.807) is 40.8 Å². The van der Waals surface area contributed by atoms with Crippen LogP contribution in [0.5, 0.6) is 5.75 Å². The molecule has 0 fully saturated rings. The lowest BCUT2D eigenvalue weighted by Gasteiger charge is -2.30. The minimum atomic E-state index is -0.981. The normalized spacial score (nSPS) is 14.7. The van der Waals surface area contributed by atoms with E-state index in [1.165, 1.54) is 11.3 Å². The van der Waals surface area contributed by atoms with Crippen molar-refractivity contribution in [2.24, 2.45) is 4.99 Å². The Morgan fingerprint density at radius 2 is 1.72 bits per heavy atom. The zero-order valence-corrected chi connectivity index (χ0v) is 28.0. The Balaban J connectivity index is 1.58. The second-order valence-electron chi connectivity index (χ2n) is 11.5. The van der Waals surface area contributed by atoms with Crippen molar-refractivity contribution in [3.63, 3.8) is 0 Å². The van der Waals surface area contributed by atoms with Gasteiger partial charge in [0, 0.05) is 35.7 Å². The van der Waals surface area contributed by atoms with E-state index < -0.39 is 12.0 Å². The highest BCUT2D eigenvalue weighted by molar-refractivity contribution is 7.07. The Hall–Kier alpha value is -5.22. The smallest absolute Gasteiger partial charge is 0.335 e. The van der Waals surface area contributed by atoms with Gasteiger partial charge >= 0.3 is 5.97 Å². The van der Waals surface area contributed by atoms with Gasteiger partial charge in [-0.25, -0.2) is 9.79 Å². The lowest BCUT2D eigenvalue weighted by Crippen LogP contribution is -2.43. The first-order chi connectivity index (χ1) is 22.6. The van der Waals surface area contributed by atoms with Gasteiger partial charge in [0.25, 0.3) is 11.5 Å². The largest absolute Gasteiger partial charge is 0.496 e. The molecular formula is C37H36N4O5S. The van der Waals surface area contributed by atoms with Crippen LogP contribution < -0.4 is 19.6 Å². The lowest BCUT2D eigenvalue weighted by atomic mass is 9.90. The molecule has 0 bridgehead atoms. The van der Waals surface area contributed by atoms with Gasteiger partial charge in [0.05, 0.1) is 28.5 Å². The molecule has 0 saturated carbocycles. The van der Waals surface area contributed by atoms with Gasteiger partial charge in [0.1, 0.15) is 11.8 Å². The molecule has 0 radical (unpaired) electrons. The number of thiazole rings is 1. The molecule has 5 aromatic rings. The molecule has 1 atom stereocenters. The summed E-state index contributed by atoms with van der Waals surface area (Å²) in [7, 11) is 1.60. The number of aromatic nitrogens is 2. The molecule has 10 heteroatoms. The number of fused-ring (bicyclic) bond motifs is 2. The van der Waals surface area contributed by atoms with Crippen molar-refractivity contribution >= 4 is 40.1 Å². The fourth-order valence-electron chi connectivity index (χ4n) is 6.51. The van der Waals surface area contributed by atoms with E-state index in [0.29, 0.717) is 39.4 Å². The number of rotatable bonds is 8. The van der Waals surface area contributed by atoms with Crippen LogP contribution in [0.1, 0.15) is 59.7 Å². The molecule has 0 saturated heterocycles. The number of aryl methyl sites for hydroxylation is 1. The van der Waals surface area contributed by atoms with Gasteiger partial charge in [-0.15, -0.1) is 0 Å². The zero-order chi connectivity index (χ0) is 33.6. The van der Waals surface area contributed by atoms with E-state index in [4.69, 9.17) is 9.73 Å². The van der Waals surface area contributed by atoms with Gasteiger partial charge in [0.15, 0.2) is 4.80 Å². The topological polar surface area (TPSA) is 106 Å². The number of hydrogen-bond donors (Lipinski definition) is 1. The monoisotopic (exact) mass is 648 g/mol. The molecule has 1 aliphatic rings. The highest BCUT2D eigenvalue weighted by atomic mass is 32.1. The minimum Gasteiger partial charge on any atom is -0.496 e. The molecule has 0 unspecified atom stereocenters. The number of benzene rings is 3. The van der Waals surface area contributed by atoms with Gasteiger partial charge in [0.2, 0.25) is 0 Å². The van der Waals surface area contributed by atoms with E-state index in [2.05, 4.69) is 0 Å². The van der Waals surface area contributed by atoms with Crippen LogP contribution in [0, 0.1) is 13.8 Å². The number of carbonyl (C=O) groups is 2. The molecular weight excluding hydrogens is 612 g/mol. The van der Waals surface area contributed by atoms with Crippen LogP contribution in [0.2, 0.25) is 0 Å². The van der Waals surface area contributed by atoms with Crippen molar-refractivity contribution in [3.8, 4) is 11.4 Å². The van der Waals surface area contributed by atoms with Crippen LogP contribution in [-0.4, -0.2) is 51.2 Å². The fraction of sp³-hybridized carbons (Fsp3) is 0.243. The van der Waals surface area contributed by atoms with Crippen molar-refractivity contribution < 1.29 is 19.4 Å². The van der Waals surface area contributed by atoms with Crippen molar-refractivity contribution in [3.05, 3.63) is 126 Å². The second-order valence-corrected chi connectivity index (χ2v) is 12.5. The third-order valence-corrected chi connectivity index (χ3v) is 9.84. The summed E-state index contributed by atoms with van der Waals surface area (Å²) in [6, 6.07) is 19.7. The van der Waals surface area contributed by atoms with Gasteiger partial charge in [-0.3, -0.25) is 14.2 Å². The Bertz CT molecular complexity index is 2270. The molecule has 240 valence electrons. The molecule has 9 nitrogen and oxygen atoms in total. The molecule has 0 spiro atoms. The SMILES string of the molecule is CCN(CC)C(=O)C1=C(C)N=c2s/c(=C/c3cc(C)n(-c4ccc(C(=O)O)cc4)c3C)c(=O)n2[C@H]1c1c(OC)ccc2ccccc12. The summed E-state index contributed by atoms with van der Waals surface area (Å²) >= 11 is 1.29. The average molecular weight is 649 g/mol. The van der Waals surface area contributed by atoms with Gasteiger partial charge < -0.3 is 19.3 Å². The molecule has 0 aliphatic carbocycles. The maximum atomic E-state index is 14.5. The lowest BCUT2D eigenvalue weighted by molar-refractivity contribution is -0.127. The maximum Gasteiger partial charge on any atom is 0.335 e. The number of carboxylic acid groups (broad SMARTS) is 1. The predicted octanol–water partition coefficient (Wildman–Crippen LogP) is 5.37. The standard InChI is InChI=1S/C37H36N4O5S/c1-7-39(8-2)35(43)31-22(4)38-37-41(33(31)32-28-12-10-9-11-24(28)15-18-29(32)46-6)34(42)30(47-37)20-26-19-21(3)40(23(26)5)27-16-13-25(14-17-27)36(44)45/h9-20,33H,7-8H2,1-6H3,(H,44,45)/b30-20+/t33-/m1/s1. The van der Waals surface area contributed by atoms with Gasteiger partial charge in [-0.2, -0.15) is 0 Å². The van der Waals surface area contributed by atoms with Crippen LogP contribution in [0.25, 0.3) is 22.5 Å². The molecule has 1 N–H and O–H groups in total. The van der Waals surface area contributed by atoms with E-state index >= 15 is 0 Å². The Morgan fingerprint density at radius 1 is 1.02 bits per heavy atom. The molecule has 3 heterocycles. The fourth-order valence-corrected chi connectivity index (χ4v) is 7.55. The number of methoxy groups -OCH3 is 1. The quantitative estimate of drug-likeness (QED) is 0.244. The summed E-state index contributed by atoms with van der Waals surface area (Å²) in [5.74, 6) is -0.562. The molecule has 1 amide bonds. The summed E-state index contributed by atoms with van der Waals surface area (Å²) < 4.78 is 10.1. The third kappa shape index (κ3) is 5.38. The summed E-state index contributed by atoms with van der Waals surface area (Å²) in [5, 5.41) is 11.2. The third-order valence-electron chi connectivity index (χ3n) is 8.86. The Labute approximate surface area is 276 Å². The van der Waals surface area contributed by atoms with Crippen molar-refractivity contribution in [1.82, 2.24) is 14.0 Å². The molecule has 47 heavy (non-hydrogen) atoms. The number of nitrogens with zero attached hydrogens (tertiary/aromatic N) is 4. The predicted molar refractivity (Wildman–Crippen MR) is 184 cm³/mol.